The number of nitrogens with one attached hydrogen (secondary N) is 2. The fourth-order valence-electron chi connectivity index (χ4n) is 2.13. The number of hydrogen-bond acceptors (Lipinski definition) is 3. The van der Waals surface area contributed by atoms with Crippen LogP contribution in [0.5, 0.6) is 0 Å². The quantitative estimate of drug-likeness (QED) is 0.837. The first kappa shape index (κ1) is 14.5. The second-order valence-electron chi connectivity index (χ2n) is 4.87. The Labute approximate surface area is 118 Å². The topological polar surface area (TPSA) is 67.4 Å². The lowest BCUT2D eigenvalue weighted by atomic mass is 9.99. The molecule has 2 N–H and O–H groups in total. The van der Waals surface area contributed by atoms with E-state index in [4.69, 9.17) is 4.74 Å². The molecule has 2 rings (SSSR count). The van der Waals surface area contributed by atoms with Crippen molar-refractivity contribution in [2.24, 2.45) is 5.92 Å². The molecule has 108 valence electrons. The maximum Gasteiger partial charge on any atom is 0.239 e. The molecular formula is C15H20N2O3. The average Bonchev–Trinajstić information content (AvgIpc) is 2.52. The molecule has 0 atom stereocenters. The molecule has 1 aliphatic rings. The van der Waals surface area contributed by atoms with Gasteiger partial charge in [-0.05, 0) is 18.4 Å². The molecule has 5 nitrogen and oxygen atoms in total. The molecule has 0 unspecified atom stereocenters. The Bertz CT molecular complexity index is 442. The lowest BCUT2D eigenvalue weighted by Crippen LogP contribution is -2.40. The Morgan fingerprint density at radius 1 is 1.10 bits per heavy atom. The van der Waals surface area contributed by atoms with Crippen LogP contribution in [0.25, 0.3) is 0 Å². The lowest BCUT2D eigenvalue weighted by Gasteiger charge is -2.21. The summed E-state index contributed by atoms with van der Waals surface area (Å²) in [7, 11) is 0. The van der Waals surface area contributed by atoms with E-state index in [1.54, 1.807) is 0 Å². The van der Waals surface area contributed by atoms with Crippen LogP contribution in [-0.2, 0) is 20.9 Å². The molecule has 1 heterocycles. The molecule has 0 spiro atoms. The molecule has 1 aromatic rings. The van der Waals surface area contributed by atoms with E-state index in [-0.39, 0.29) is 24.3 Å². The molecule has 0 saturated carbocycles. The normalized spacial score (nSPS) is 15.6. The van der Waals surface area contributed by atoms with Crippen LogP contribution in [0.15, 0.2) is 30.3 Å². The summed E-state index contributed by atoms with van der Waals surface area (Å²) >= 11 is 0. The van der Waals surface area contributed by atoms with Gasteiger partial charge in [-0.2, -0.15) is 0 Å². The van der Waals surface area contributed by atoms with Crippen molar-refractivity contribution < 1.29 is 14.3 Å². The number of rotatable bonds is 5. The lowest BCUT2D eigenvalue weighted by molar-refractivity contribution is -0.130. The van der Waals surface area contributed by atoms with Gasteiger partial charge in [-0.15, -0.1) is 0 Å². The number of benzene rings is 1. The first-order valence-electron chi connectivity index (χ1n) is 6.92. The first-order valence-corrected chi connectivity index (χ1v) is 6.92. The van der Waals surface area contributed by atoms with E-state index in [1.807, 2.05) is 30.3 Å². The van der Waals surface area contributed by atoms with Crippen molar-refractivity contribution in [1.29, 1.82) is 0 Å². The average molecular weight is 276 g/mol. The molecular weight excluding hydrogens is 256 g/mol. The third-order valence-electron chi connectivity index (χ3n) is 3.35. The minimum absolute atomic E-state index is 0.0225. The van der Waals surface area contributed by atoms with E-state index in [2.05, 4.69) is 10.6 Å². The summed E-state index contributed by atoms with van der Waals surface area (Å²) in [5.41, 5.74) is 1.04. The number of carbonyl (C=O) groups is 2. The van der Waals surface area contributed by atoms with Gasteiger partial charge in [-0.25, -0.2) is 0 Å². The summed E-state index contributed by atoms with van der Waals surface area (Å²) in [6.45, 7) is 1.76. The summed E-state index contributed by atoms with van der Waals surface area (Å²) in [4.78, 5) is 23.5. The zero-order valence-electron chi connectivity index (χ0n) is 11.4. The monoisotopic (exact) mass is 276 g/mol. The van der Waals surface area contributed by atoms with E-state index in [0.717, 1.165) is 18.4 Å². The third kappa shape index (κ3) is 4.66. The smallest absolute Gasteiger partial charge is 0.239 e. The molecule has 1 fully saturated rings. The summed E-state index contributed by atoms with van der Waals surface area (Å²) in [6, 6.07) is 9.67. The van der Waals surface area contributed by atoms with Crippen molar-refractivity contribution >= 4 is 11.8 Å². The molecule has 0 bridgehead atoms. The van der Waals surface area contributed by atoms with Gasteiger partial charge in [0.25, 0.3) is 0 Å². The highest BCUT2D eigenvalue weighted by molar-refractivity contribution is 5.85. The molecule has 1 aromatic carbocycles. The predicted octanol–water partition coefficient (Wildman–Crippen LogP) is 0.846. The second kappa shape index (κ2) is 7.65. The molecule has 2 amide bonds. The van der Waals surface area contributed by atoms with Crippen molar-refractivity contribution in [2.75, 3.05) is 19.8 Å². The minimum atomic E-state index is -0.172. The zero-order chi connectivity index (χ0) is 14.2. The predicted molar refractivity (Wildman–Crippen MR) is 74.8 cm³/mol. The van der Waals surface area contributed by atoms with Gasteiger partial charge in [0, 0.05) is 25.7 Å². The van der Waals surface area contributed by atoms with Crippen molar-refractivity contribution in [1.82, 2.24) is 10.6 Å². The van der Waals surface area contributed by atoms with Gasteiger partial charge in [-0.3, -0.25) is 9.59 Å². The van der Waals surface area contributed by atoms with E-state index in [0.29, 0.717) is 19.8 Å². The van der Waals surface area contributed by atoms with Gasteiger partial charge in [0.15, 0.2) is 0 Å². The number of amides is 2. The van der Waals surface area contributed by atoms with Gasteiger partial charge in [0.1, 0.15) is 0 Å². The van der Waals surface area contributed by atoms with Crippen LogP contribution >= 0.6 is 0 Å². The van der Waals surface area contributed by atoms with Gasteiger partial charge in [0.2, 0.25) is 11.8 Å². The third-order valence-corrected chi connectivity index (χ3v) is 3.35. The molecule has 1 saturated heterocycles. The Morgan fingerprint density at radius 2 is 1.80 bits per heavy atom. The second-order valence-corrected chi connectivity index (χ2v) is 4.87. The maximum absolute atomic E-state index is 11.8. The molecule has 20 heavy (non-hydrogen) atoms. The summed E-state index contributed by atoms with van der Waals surface area (Å²) in [6.07, 6.45) is 1.47. The summed E-state index contributed by atoms with van der Waals surface area (Å²) in [5.74, 6) is -0.247. The first-order chi connectivity index (χ1) is 9.75. The fraction of sp³-hybridized carbons (Fsp3) is 0.467. The number of carbonyl (C=O) groups excluding carboxylic acids is 2. The van der Waals surface area contributed by atoms with Crippen molar-refractivity contribution in [3.63, 3.8) is 0 Å². The minimum Gasteiger partial charge on any atom is -0.381 e. The van der Waals surface area contributed by atoms with Gasteiger partial charge >= 0.3 is 0 Å². The van der Waals surface area contributed by atoms with Crippen LogP contribution in [-0.4, -0.2) is 31.6 Å². The molecule has 0 aliphatic carbocycles. The van der Waals surface area contributed by atoms with Gasteiger partial charge in [0.05, 0.1) is 6.54 Å². The van der Waals surface area contributed by atoms with Crippen molar-refractivity contribution in [3.8, 4) is 0 Å². The number of hydrogen-bond donors (Lipinski definition) is 2. The summed E-state index contributed by atoms with van der Waals surface area (Å²) in [5, 5.41) is 5.46. The van der Waals surface area contributed by atoms with Crippen molar-refractivity contribution in [2.45, 2.75) is 19.4 Å². The van der Waals surface area contributed by atoms with Crippen LogP contribution in [0, 0.1) is 5.92 Å². The zero-order valence-corrected chi connectivity index (χ0v) is 11.4. The van der Waals surface area contributed by atoms with Crippen LogP contribution < -0.4 is 10.6 Å². The summed E-state index contributed by atoms with van der Waals surface area (Å²) < 4.78 is 5.20. The highest BCUT2D eigenvalue weighted by Gasteiger charge is 2.21. The van der Waals surface area contributed by atoms with Crippen LogP contribution in [0.2, 0.25) is 0 Å². The van der Waals surface area contributed by atoms with Crippen LogP contribution in [0.4, 0.5) is 0 Å². The largest absolute Gasteiger partial charge is 0.381 e. The highest BCUT2D eigenvalue weighted by Crippen LogP contribution is 2.14. The van der Waals surface area contributed by atoms with Gasteiger partial charge in [-0.1, -0.05) is 30.3 Å². The van der Waals surface area contributed by atoms with E-state index < -0.39 is 0 Å². The highest BCUT2D eigenvalue weighted by atomic mass is 16.5. The Morgan fingerprint density at radius 3 is 2.50 bits per heavy atom. The molecule has 0 aromatic heterocycles. The maximum atomic E-state index is 11.8. The molecule has 0 radical (unpaired) electrons. The Hall–Kier alpha value is -1.88. The SMILES string of the molecule is O=C(CNC(=O)C1CCOCC1)NCc1ccccc1. The van der Waals surface area contributed by atoms with Crippen LogP contribution in [0.3, 0.4) is 0 Å². The van der Waals surface area contributed by atoms with Crippen LogP contribution in [0.1, 0.15) is 18.4 Å². The molecule has 1 aliphatic heterocycles. The fourth-order valence-corrected chi connectivity index (χ4v) is 2.13. The van der Waals surface area contributed by atoms with Crippen molar-refractivity contribution in [3.05, 3.63) is 35.9 Å². The Kier molecular flexibility index (Phi) is 5.55. The molecule has 5 heteroatoms. The van der Waals surface area contributed by atoms with E-state index in [9.17, 15) is 9.59 Å². The number of ether oxygens (including phenoxy) is 1. The Balaban J connectivity index is 1.65. The standard InChI is InChI=1S/C15H20N2O3/c18-14(16-10-12-4-2-1-3-5-12)11-17-15(19)13-6-8-20-9-7-13/h1-5,13H,6-11H2,(H,16,18)(H,17,19). The van der Waals surface area contributed by atoms with E-state index in [1.165, 1.54) is 0 Å². The van der Waals surface area contributed by atoms with Gasteiger partial charge < -0.3 is 15.4 Å². The van der Waals surface area contributed by atoms with E-state index >= 15 is 0 Å².